The highest BCUT2D eigenvalue weighted by atomic mass is 16.5. The quantitative estimate of drug-likeness (QED) is 0.445. The van der Waals surface area contributed by atoms with Gasteiger partial charge in [0.15, 0.2) is 5.82 Å². The molecular weight excluding hydrogens is 426 g/mol. The number of nitrogens with zero attached hydrogens (tertiary/aromatic N) is 4. The van der Waals surface area contributed by atoms with Crippen LogP contribution in [0.3, 0.4) is 0 Å². The number of rotatable bonds is 10. The standard InChI is InChI=1S/C27H33N5O2/c1-18-9-11-20(12-10-18)26-23-17-22(34-3)13-14-25(23)32-19(2)30-31-27(32)24(29-26)16-21(33)8-6-4-5-7-15-28/h9-14,17,24H,4-8,15-16,28H2,1-3H3/t24-/m0/s1. The molecule has 0 unspecified atom stereocenters. The number of unbranched alkanes of at least 4 members (excludes halogenated alkanes) is 3. The van der Waals surface area contributed by atoms with E-state index in [0.717, 1.165) is 59.8 Å². The molecule has 7 nitrogen and oxygen atoms in total. The Morgan fingerprint density at radius 1 is 1.03 bits per heavy atom. The monoisotopic (exact) mass is 459 g/mol. The largest absolute Gasteiger partial charge is 0.497 e. The summed E-state index contributed by atoms with van der Waals surface area (Å²) in [5.74, 6) is 2.40. The molecule has 1 aliphatic rings. The van der Waals surface area contributed by atoms with Crippen molar-refractivity contribution in [3.63, 3.8) is 0 Å². The Labute approximate surface area is 201 Å². The molecule has 1 atom stereocenters. The molecule has 0 aliphatic carbocycles. The summed E-state index contributed by atoms with van der Waals surface area (Å²) in [4.78, 5) is 18.1. The Morgan fingerprint density at radius 3 is 2.53 bits per heavy atom. The molecule has 0 spiro atoms. The fraction of sp³-hybridized carbons (Fsp3) is 0.407. The fourth-order valence-electron chi connectivity index (χ4n) is 4.42. The Hall–Kier alpha value is -3.32. The molecule has 0 saturated carbocycles. The van der Waals surface area contributed by atoms with Crippen LogP contribution in [0.2, 0.25) is 0 Å². The predicted octanol–water partition coefficient (Wildman–Crippen LogP) is 4.65. The van der Waals surface area contributed by atoms with Gasteiger partial charge in [0.05, 0.1) is 18.5 Å². The Balaban J connectivity index is 1.74. The lowest BCUT2D eigenvalue weighted by Crippen LogP contribution is -2.11. The van der Waals surface area contributed by atoms with Crippen molar-refractivity contribution < 1.29 is 9.53 Å². The number of carbonyl (C=O) groups is 1. The fourth-order valence-corrected chi connectivity index (χ4v) is 4.42. The number of benzene rings is 2. The smallest absolute Gasteiger partial charge is 0.162 e. The number of Topliss-reactive ketones (excluding diaryl/α,β-unsaturated/α-hetero) is 1. The number of nitrogens with two attached hydrogens (primary N) is 1. The second-order valence-corrected chi connectivity index (χ2v) is 8.88. The van der Waals surface area contributed by atoms with Crippen molar-refractivity contribution in [2.45, 2.75) is 58.4 Å². The third-order valence-corrected chi connectivity index (χ3v) is 6.29. The summed E-state index contributed by atoms with van der Waals surface area (Å²) in [6, 6.07) is 13.8. The van der Waals surface area contributed by atoms with Gasteiger partial charge in [-0.2, -0.15) is 0 Å². The first-order chi connectivity index (χ1) is 16.5. The highest BCUT2D eigenvalue weighted by Crippen LogP contribution is 2.34. The first-order valence-corrected chi connectivity index (χ1v) is 12.0. The maximum absolute atomic E-state index is 13.0. The molecule has 0 amide bonds. The van der Waals surface area contributed by atoms with E-state index in [1.165, 1.54) is 5.56 Å². The van der Waals surface area contributed by atoms with E-state index < -0.39 is 6.04 Å². The van der Waals surface area contributed by atoms with Crippen LogP contribution in [0.15, 0.2) is 47.5 Å². The average Bonchev–Trinajstić information content (AvgIpc) is 3.16. The van der Waals surface area contributed by atoms with E-state index in [9.17, 15) is 4.79 Å². The summed E-state index contributed by atoms with van der Waals surface area (Å²) in [6.07, 6.45) is 4.81. The summed E-state index contributed by atoms with van der Waals surface area (Å²) in [7, 11) is 1.66. The van der Waals surface area contributed by atoms with Crippen LogP contribution in [0.25, 0.3) is 5.69 Å². The minimum Gasteiger partial charge on any atom is -0.497 e. The average molecular weight is 460 g/mol. The summed E-state index contributed by atoms with van der Waals surface area (Å²) in [5.41, 5.74) is 10.5. The number of ether oxygens (including phenoxy) is 1. The summed E-state index contributed by atoms with van der Waals surface area (Å²) < 4.78 is 7.56. The van der Waals surface area contributed by atoms with Gasteiger partial charge >= 0.3 is 0 Å². The normalized spacial score (nSPS) is 14.7. The second-order valence-electron chi connectivity index (χ2n) is 8.88. The van der Waals surface area contributed by atoms with Crippen molar-refractivity contribution in [1.29, 1.82) is 0 Å². The van der Waals surface area contributed by atoms with Crippen molar-refractivity contribution in [3.8, 4) is 11.4 Å². The summed E-state index contributed by atoms with van der Waals surface area (Å²) in [5, 5.41) is 8.80. The van der Waals surface area contributed by atoms with Gasteiger partial charge in [-0.05, 0) is 51.4 Å². The zero-order valence-corrected chi connectivity index (χ0v) is 20.3. The Kier molecular flexibility index (Phi) is 7.53. The minimum absolute atomic E-state index is 0.195. The van der Waals surface area contributed by atoms with Gasteiger partial charge in [-0.15, -0.1) is 10.2 Å². The van der Waals surface area contributed by atoms with Crippen molar-refractivity contribution in [3.05, 3.63) is 70.8 Å². The van der Waals surface area contributed by atoms with Gasteiger partial charge in [0.25, 0.3) is 0 Å². The van der Waals surface area contributed by atoms with Crippen molar-refractivity contribution in [2.75, 3.05) is 13.7 Å². The number of fused-ring (bicyclic) bond motifs is 3. The Bertz CT molecular complexity index is 1180. The molecule has 2 aromatic carbocycles. The van der Waals surface area contributed by atoms with E-state index in [2.05, 4.69) is 41.4 Å². The molecule has 1 aliphatic heterocycles. The summed E-state index contributed by atoms with van der Waals surface area (Å²) in [6.45, 7) is 4.69. The second kappa shape index (κ2) is 10.7. The number of methoxy groups -OCH3 is 1. The number of aliphatic imine (C=N–C) groups is 1. The van der Waals surface area contributed by atoms with Crippen LogP contribution in [-0.4, -0.2) is 39.9 Å². The lowest BCUT2D eigenvalue weighted by atomic mass is 9.99. The van der Waals surface area contributed by atoms with Gasteiger partial charge in [0.2, 0.25) is 0 Å². The first-order valence-electron chi connectivity index (χ1n) is 12.0. The summed E-state index contributed by atoms with van der Waals surface area (Å²) >= 11 is 0. The van der Waals surface area contributed by atoms with E-state index >= 15 is 0 Å². The molecule has 7 heteroatoms. The minimum atomic E-state index is -0.410. The molecule has 178 valence electrons. The van der Waals surface area contributed by atoms with E-state index in [-0.39, 0.29) is 5.78 Å². The highest BCUT2D eigenvalue weighted by Gasteiger charge is 2.29. The van der Waals surface area contributed by atoms with Gasteiger partial charge in [0.1, 0.15) is 23.4 Å². The molecule has 2 N–H and O–H groups in total. The van der Waals surface area contributed by atoms with Crippen molar-refractivity contribution in [1.82, 2.24) is 14.8 Å². The number of aromatic nitrogens is 3. The first kappa shape index (κ1) is 23.8. The van der Waals surface area contributed by atoms with E-state index in [1.54, 1.807) is 7.11 Å². The van der Waals surface area contributed by atoms with Crippen LogP contribution in [0.1, 0.15) is 72.9 Å². The van der Waals surface area contributed by atoms with Gasteiger partial charge in [-0.1, -0.05) is 42.7 Å². The number of ketones is 1. The number of hydrogen-bond acceptors (Lipinski definition) is 6. The highest BCUT2D eigenvalue weighted by molar-refractivity contribution is 6.15. The van der Waals surface area contributed by atoms with Gasteiger partial charge in [0, 0.05) is 24.0 Å². The molecule has 2 heterocycles. The lowest BCUT2D eigenvalue weighted by molar-refractivity contribution is -0.119. The maximum Gasteiger partial charge on any atom is 0.162 e. The van der Waals surface area contributed by atoms with Crippen LogP contribution in [0.5, 0.6) is 5.75 Å². The molecule has 4 rings (SSSR count). The number of hydrogen-bond donors (Lipinski definition) is 1. The third-order valence-electron chi connectivity index (χ3n) is 6.29. The van der Waals surface area contributed by atoms with E-state index in [4.69, 9.17) is 15.5 Å². The lowest BCUT2D eigenvalue weighted by Gasteiger charge is -2.14. The maximum atomic E-state index is 13.0. The van der Waals surface area contributed by atoms with E-state index in [1.807, 2.05) is 29.7 Å². The van der Waals surface area contributed by atoms with Crippen LogP contribution >= 0.6 is 0 Å². The van der Waals surface area contributed by atoms with Crippen LogP contribution in [0.4, 0.5) is 0 Å². The number of aryl methyl sites for hydroxylation is 2. The molecule has 0 bridgehead atoms. The molecule has 3 aromatic rings. The molecule has 0 radical (unpaired) electrons. The molecule has 34 heavy (non-hydrogen) atoms. The van der Waals surface area contributed by atoms with Crippen LogP contribution in [0, 0.1) is 13.8 Å². The van der Waals surface area contributed by atoms with Gasteiger partial charge < -0.3 is 10.5 Å². The molecule has 0 fully saturated rings. The van der Waals surface area contributed by atoms with Crippen molar-refractivity contribution >= 4 is 11.5 Å². The van der Waals surface area contributed by atoms with Crippen LogP contribution < -0.4 is 10.5 Å². The third kappa shape index (κ3) is 5.09. The predicted molar refractivity (Wildman–Crippen MR) is 134 cm³/mol. The van der Waals surface area contributed by atoms with Crippen molar-refractivity contribution in [2.24, 2.45) is 10.7 Å². The molecular formula is C27H33N5O2. The SMILES string of the molecule is COc1ccc2c(c1)C(c1ccc(C)cc1)=N[C@@H](CC(=O)CCCCCCN)c1nnc(C)n1-2. The zero-order chi connectivity index (χ0) is 24.1. The van der Waals surface area contributed by atoms with Crippen LogP contribution in [-0.2, 0) is 4.79 Å². The molecule has 0 saturated heterocycles. The van der Waals surface area contributed by atoms with Gasteiger partial charge in [-0.3, -0.25) is 14.4 Å². The van der Waals surface area contributed by atoms with E-state index in [0.29, 0.717) is 25.2 Å². The zero-order valence-electron chi connectivity index (χ0n) is 20.3. The number of carbonyl (C=O) groups excluding carboxylic acids is 1. The molecule has 1 aromatic heterocycles. The van der Waals surface area contributed by atoms with Gasteiger partial charge in [-0.25, -0.2) is 0 Å². The Morgan fingerprint density at radius 2 is 1.79 bits per heavy atom. The topological polar surface area (TPSA) is 95.4 Å².